The number of terminal acetylenes is 1. The average Bonchev–Trinajstić information content (AvgIpc) is 2.45. The van der Waals surface area contributed by atoms with E-state index >= 15 is 0 Å². The van der Waals surface area contributed by atoms with Crippen molar-refractivity contribution in [2.24, 2.45) is 0 Å². The van der Waals surface area contributed by atoms with Crippen LogP contribution in [-0.2, 0) is 9.47 Å². The lowest BCUT2D eigenvalue weighted by Gasteiger charge is -2.22. The lowest BCUT2D eigenvalue weighted by molar-refractivity contribution is -0.165. The first-order valence-electron chi connectivity index (χ1n) is 6.31. The summed E-state index contributed by atoms with van der Waals surface area (Å²) in [7, 11) is 0. The molecule has 0 radical (unpaired) electrons. The van der Waals surface area contributed by atoms with Gasteiger partial charge in [-0.3, -0.25) is 0 Å². The van der Waals surface area contributed by atoms with Crippen LogP contribution in [0.3, 0.4) is 0 Å². The molecule has 1 heterocycles. The van der Waals surface area contributed by atoms with E-state index < -0.39 is 0 Å². The zero-order valence-corrected chi connectivity index (χ0v) is 10.4. The molecule has 1 aliphatic heterocycles. The highest BCUT2D eigenvalue weighted by molar-refractivity contribution is 5.38. The molecule has 96 valence electrons. The summed E-state index contributed by atoms with van der Waals surface area (Å²) in [6.07, 6.45) is 8.56. The molecule has 0 N–H and O–H groups in total. The van der Waals surface area contributed by atoms with Gasteiger partial charge >= 0.3 is 0 Å². The SMILES string of the molecule is C#Cc1cccc(OCCOC2CCCCO2)c1. The second-order valence-electron chi connectivity index (χ2n) is 4.19. The molecule has 0 bridgehead atoms. The number of ether oxygens (including phenoxy) is 3. The third-order valence-corrected chi connectivity index (χ3v) is 2.79. The molecular formula is C15H18O3. The Hall–Kier alpha value is -1.50. The molecule has 1 saturated heterocycles. The molecule has 3 nitrogen and oxygen atoms in total. The molecule has 1 aromatic carbocycles. The largest absolute Gasteiger partial charge is 0.491 e. The van der Waals surface area contributed by atoms with Gasteiger partial charge in [-0.2, -0.15) is 0 Å². The van der Waals surface area contributed by atoms with Crippen LogP contribution in [0.4, 0.5) is 0 Å². The van der Waals surface area contributed by atoms with Gasteiger partial charge < -0.3 is 14.2 Å². The topological polar surface area (TPSA) is 27.7 Å². The lowest BCUT2D eigenvalue weighted by Crippen LogP contribution is -2.24. The molecule has 0 saturated carbocycles. The van der Waals surface area contributed by atoms with Gasteiger partial charge in [-0.25, -0.2) is 0 Å². The van der Waals surface area contributed by atoms with Crippen molar-refractivity contribution in [2.45, 2.75) is 25.6 Å². The molecule has 0 aromatic heterocycles. The van der Waals surface area contributed by atoms with Gasteiger partial charge in [0.05, 0.1) is 6.61 Å². The Labute approximate surface area is 108 Å². The third-order valence-electron chi connectivity index (χ3n) is 2.79. The van der Waals surface area contributed by atoms with Crippen LogP contribution in [0.15, 0.2) is 24.3 Å². The number of hydrogen-bond donors (Lipinski definition) is 0. The van der Waals surface area contributed by atoms with E-state index in [1.807, 2.05) is 24.3 Å². The standard InChI is InChI=1S/C15H18O3/c1-2-13-6-5-7-14(12-13)16-10-11-18-15-8-3-4-9-17-15/h1,5-7,12,15H,3-4,8-11H2. The minimum absolute atomic E-state index is 0.0561. The first-order valence-corrected chi connectivity index (χ1v) is 6.31. The highest BCUT2D eigenvalue weighted by atomic mass is 16.7. The molecule has 0 spiro atoms. The molecular weight excluding hydrogens is 228 g/mol. The highest BCUT2D eigenvalue weighted by Crippen LogP contribution is 2.14. The molecule has 18 heavy (non-hydrogen) atoms. The highest BCUT2D eigenvalue weighted by Gasteiger charge is 2.13. The zero-order valence-electron chi connectivity index (χ0n) is 10.4. The van der Waals surface area contributed by atoms with Crippen molar-refractivity contribution in [3.05, 3.63) is 29.8 Å². The summed E-state index contributed by atoms with van der Waals surface area (Å²) in [6.45, 7) is 1.84. The lowest BCUT2D eigenvalue weighted by atomic mass is 10.2. The quantitative estimate of drug-likeness (QED) is 0.590. The number of benzene rings is 1. The molecule has 0 amide bonds. The van der Waals surface area contributed by atoms with E-state index in [4.69, 9.17) is 20.6 Å². The van der Waals surface area contributed by atoms with Gasteiger partial charge in [0, 0.05) is 12.2 Å². The first-order chi connectivity index (χ1) is 8.88. The zero-order chi connectivity index (χ0) is 12.6. The minimum Gasteiger partial charge on any atom is -0.491 e. The van der Waals surface area contributed by atoms with Crippen LogP contribution >= 0.6 is 0 Å². The van der Waals surface area contributed by atoms with Crippen LogP contribution in [0.2, 0.25) is 0 Å². The Kier molecular flexibility index (Phi) is 5.07. The summed E-state index contributed by atoms with van der Waals surface area (Å²) < 4.78 is 16.6. The van der Waals surface area contributed by atoms with E-state index in [0.29, 0.717) is 13.2 Å². The van der Waals surface area contributed by atoms with Crippen molar-refractivity contribution in [3.8, 4) is 18.1 Å². The van der Waals surface area contributed by atoms with Crippen LogP contribution in [-0.4, -0.2) is 26.1 Å². The summed E-state index contributed by atoms with van der Waals surface area (Å²) in [4.78, 5) is 0. The number of rotatable bonds is 5. The van der Waals surface area contributed by atoms with Gasteiger partial charge in [0.15, 0.2) is 6.29 Å². The minimum atomic E-state index is -0.0561. The fourth-order valence-electron chi connectivity index (χ4n) is 1.86. The van der Waals surface area contributed by atoms with E-state index in [1.165, 1.54) is 6.42 Å². The van der Waals surface area contributed by atoms with Crippen molar-refractivity contribution in [1.29, 1.82) is 0 Å². The normalized spacial score (nSPS) is 19.2. The maximum Gasteiger partial charge on any atom is 0.157 e. The molecule has 1 atom stereocenters. The van der Waals surface area contributed by atoms with E-state index in [9.17, 15) is 0 Å². The summed E-state index contributed by atoms with van der Waals surface area (Å²) in [6, 6.07) is 7.49. The predicted octanol–water partition coefficient (Wildman–Crippen LogP) is 2.59. The fourth-order valence-corrected chi connectivity index (χ4v) is 1.86. The third kappa shape index (κ3) is 4.06. The van der Waals surface area contributed by atoms with E-state index in [1.54, 1.807) is 0 Å². The van der Waals surface area contributed by atoms with Crippen molar-refractivity contribution in [1.82, 2.24) is 0 Å². The Bertz CT molecular complexity index is 402. The van der Waals surface area contributed by atoms with Gasteiger partial charge in [-0.1, -0.05) is 12.0 Å². The molecule has 0 aliphatic carbocycles. The summed E-state index contributed by atoms with van der Waals surface area (Å²) in [5.41, 5.74) is 0.823. The second-order valence-corrected chi connectivity index (χ2v) is 4.19. The van der Waals surface area contributed by atoms with Gasteiger partial charge in [0.25, 0.3) is 0 Å². The predicted molar refractivity (Wildman–Crippen MR) is 69.4 cm³/mol. The van der Waals surface area contributed by atoms with Crippen LogP contribution < -0.4 is 4.74 Å². The van der Waals surface area contributed by atoms with Crippen molar-refractivity contribution in [2.75, 3.05) is 19.8 Å². The number of hydrogen-bond acceptors (Lipinski definition) is 3. The maximum atomic E-state index is 5.57. The van der Waals surface area contributed by atoms with Gasteiger partial charge in [-0.15, -0.1) is 6.42 Å². The van der Waals surface area contributed by atoms with Crippen LogP contribution in [0.1, 0.15) is 24.8 Å². The molecule has 1 fully saturated rings. The van der Waals surface area contributed by atoms with E-state index in [2.05, 4.69) is 5.92 Å². The van der Waals surface area contributed by atoms with Crippen LogP contribution in [0.5, 0.6) is 5.75 Å². The van der Waals surface area contributed by atoms with Crippen molar-refractivity contribution >= 4 is 0 Å². The van der Waals surface area contributed by atoms with Gasteiger partial charge in [-0.05, 0) is 37.5 Å². The molecule has 1 aliphatic rings. The maximum absolute atomic E-state index is 5.57. The van der Waals surface area contributed by atoms with Crippen LogP contribution in [0, 0.1) is 12.3 Å². The monoisotopic (exact) mass is 246 g/mol. The van der Waals surface area contributed by atoms with Gasteiger partial charge in [0.1, 0.15) is 12.4 Å². The van der Waals surface area contributed by atoms with Crippen molar-refractivity contribution < 1.29 is 14.2 Å². The molecule has 1 aromatic rings. The van der Waals surface area contributed by atoms with E-state index in [-0.39, 0.29) is 6.29 Å². The molecule has 3 heteroatoms. The first kappa shape index (κ1) is 12.9. The Morgan fingerprint density at radius 2 is 2.28 bits per heavy atom. The summed E-state index contributed by atoms with van der Waals surface area (Å²) in [5, 5.41) is 0. The van der Waals surface area contributed by atoms with E-state index in [0.717, 1.165) is 30.8 Å². The Morgan fingerprint density at radius 1 is 1.33 bits per heavy atom. The van der Waals surface area contributed by atoms with Gasteiger partial charge in [0.2, 0.25) is 0 Å². The van der Waals surface area contributed by atoms with Crippen LogP contribution in [0.25, 0.3) is 0 Å². The van der Waals surface area contributed by atoms with Crippen molar-refractivity contribution in [3.63, 3.8) is 0 Å². The summed E-state index contributed by atoms with van der Waals surface area (Å²) >= 11 is 0. The summed E-state index contributed by atoms with van der Waals surface area (Å²) in [5.74, 6) is 3.35. The second kappa shape index (κ2) is 7.05. The molecule has 1 unspecified atom stereocenters. The smallest absolute Gasteiger partial charge is 0.157 e. The Balaban J connectivity index is 1.67. The molecule has 2 rings (SSSR count). The Morgan fingerprint density at radius 3 is 3.06 bits per heavy atom. The average molecular weight is 246 g/mol. The fraction of sp³-hybridized carbons (Fsp3) is 0.467.